The molecule has 0 saturated heterocycles. The SMILES string of the molecule is CC[C@H](C)[C@H](NC(=O)C1CCC(C(C)(C)C)CC1)C(=O)O. The van der Waals surface area contributed by atoms with Crippen molar-refractivity contribution in [2.45, 2.75) is 72.8 Å². The lowest BCUT2D eigenvalue weighted by atomic mass is 9.69. The predicted octanol–water partition coefficient (Wildman–Crippen LogP) is 3.45. The molecule has 0 aliphatic heterocycles. The minimum Gasteiger partial charge on any atom is -0.480 e. The molecule has 0 unspecified atom stereocenters. The first-order valence-corrected chi connectivity index (χ1v) is 8.20. The summed E-state index contributed by atoms with van der Waals surface area (Å²) in [4.78, 5) is 23.6. The average molecular weight is 297 g/mol. The van der Waals surface area contributed by atoms with Crippen molar-refractivity contribution in [2.24, 2.45) is 23.2 Å². The lowest BCUT2D eigenvalue weighted by molar-refractivity contribution is -0.144. The van der Waals surface area contributed by atoms with Crippen LogP contribution in [0, 0.1) is 23.2 Å². The van der Waals surface area contributed by atoms with Gasteiger partial charge in [0.2, 0.25) is 5.91 Å². The van der Waals surface area contributed by atoms with Gasteiger partial charge in [-0.05, 0) is 42.9 Å². The zero-order valence-corrected chi connectivity index (χ0v) is 14.1. The molecule has 4 nitrogen and oxygen atoms in total. The van der Waals surface area contributed by atoms with Crippen LogP contribution in [-0.2, 0) is 9.59 Å². The molecule has 0 aromatic carbocycles. The molecule has 0 aromatic rings. The molecule has 2 N–H and O–H groups in total. The van der Waals surface area contributed by atoms with Gasteiger partial charge >= 0.3 is 5.97 Å². The van der Waals surface area contributed by atoms with Crippen LogP contribution in [0.3, 0.4) is 0 Å². The molecule has 0 aromatic heterocycles. The topological polar surface area (TPSA) is 66.4 Å². The summed E-state index contributed by atoms with van der Waals surface area (Å²) in [5, 5.41) is 12.0. The van der Waals surface area contributed by atoms with E-state index in [2.05, 4.69) is 26.1 Å². The van der Waals surface area contributed by atoms with E-state index in [1.54, 1.807) is 0 Å². The summed E-state index contributed by atoms with van der Waals surface area (Å²) in [7, 11) is 0. The number of nitrogens with one attached hydrogen (secondary N) is 1. The van der Waals surface area contributed by atoms with Crippen molar-refractivity contribution in [3.8, 4) is 0 Å². The average Bonchev–Trinajstić information content (AvgIpc) is 2.42. The molecule has 0 bridgehead atoms. The summed E-state index contributed by atoms with van der Waals surface area (Å²) in [5.41, 5.74) is 0.293. The van der Waals surface area contributed by atoms with Gasteiger partial charge in [-0.2, -0.15) is 0 Å². The van der Waals surface area contributed by atoms with Crippen LogP contribution in [0.2, 0.25) is 0 Å². The van der Waals surface area contributed by atoms with Gasteiger partial charge in [0.05, 0.1) is 0 Å². The Morgan fingerprint density at radius 2 is 1.71 bits per heavy atom. The lowest BCUT2D eigenvalue weighted by Crippen LogP contribution is -2.47. The lowest BCUT2D eigenvalue weighted by Gasteiger charge is -2.36. The summed E-state index contributed by atoms with van der Waals surface area (Å²) in [5.74, 6) is -0.408. The number of aliphatic carboxylic acids is 1. The molecule has 0 heterocycles. The van der Waals surface area contributed by atoms with Crippen molar-refractivity contribution in [3.05, 3.63) is 0 Å². The number of carboxylic acid groups (broad SMARTS) is 1. The summed E-state index contributed by atoms with van der Waals surface area (Å²) in [6.07, 6.45) is 4.61. The highest BCUT2D eigenvalue weighted by Gasteiger charge is 2.34. The number of hydrogen-bond acceptors (Lipinski definition) is 2. The van der Waals surface area contributed by atoms with E-state index >= 15 is 0 Å². The summed E-state index contributed by atoms with van der Waals surface area (Å²) >= 11 is 0. The highest BCUT2D eigenvalue weighted by atomic mass is 16.4. The summed E-state index contributed by atoms with van der Waals surface area (Å²) in [6, 6.07) is -0.761. The first-order chi connectivity index (χ1) is 9.66. The molecule has 21 heavy (non-hydrogen) atoms. The van der Waals surface area contributed by atoms with Gasteiger partial charge in [0, 0.05) is 5.92 Å². The molecule has 1 aliphatic carbocycles. The molecule has 0 spiro atoms. The Kier molecular flexibility index (Phi) is 6.24. The van der Waals surface area contributed by atoms with Crippen molar-refractivity contribution in [2.75, 3.05) is 0 Å². The fourth-order valence-electron chi connectivity index (χ4n) is 3.18. The van der Waals surface area contributed by atoms with Crippen molar-refractivity contribution in [1.29, 1.82) is 0 Å². The molecular weight excluding hydrogens is 266 g/mol. The van der Waals surface area contributed by atoms with E-state index in [-0.39, 0.29) is 17.7 Å². The second-order valence-corrected chi connectivity index (χ2v) is 7.62. The van der Waals surface area contributed by atoms with E-state index in [0.29, 0.717) is 11.3 Å². The standard InChI is InChI=1S/C17H31NO3/c1-6-11(2)14(16(20)21)18-15(19)12-7-9-13(10-8-12)17(3,4)5/h11-14H,6-10H2,1-5H3,(H,18,19)(H,20,21)/t11-,12?,13?,14-/m0/s1. The van der Waals surface area contributed by atoms with Gasteiger partial charge in [-0.15, -0.1) is 0 Å². The van der Waals surface area contributed by atoms with E-state index in [4.69, 9.17) is 0 Å². The highest BCUT2D eigenvalue weighted by molar-refractivity contribution is 5.85. The van der Waals surface area contributed by atoms with Crippen molar-refractivity contribution in [1.82, 2.24) is 5.32 Å². The van der Waals surface area contributed by atoms with E-state index in [0.717, 1.165) is 32.1 Å². The zero-order valence-electron chi connectivity index (χ0n) is 14.1. The minimum atomic E-state index is -0.930. The quantitative estimate of drug-likeness (QED) is 0.816. The second kappa shape index (κ2) is 7.28. The van der Waals surface area contributed by atoms with Gasteiger partial charge in [-0.25, -0.2) is 4.79 Å². The molecule has 0 radical (unpaired) electrons. The van der Waals surface area contributed by atoms with Crippen LogP contribution in [0.15, 0.2) is 0 Å². The Bertz CT molecular complexity index is 365. The molecule has 1 fully saturated rings. The third-order valence-corrected chi connectivity index (χ3v) is 5.10. The maximum Gasteiger partial charge on any atom is 0.326 e. The number of rotatable bonds is 5. The normalized spacial score (nSPS) is 26.0. The highest BCUT2D eigenvalue weighted by Crippen LogP contribution is 2.39. The monoisotopic (exact) mass is 297 g/mol. The molecule has 4 heteroatoms. The van der Waals surface area contributed by atoms with Gasteiger partial charge < -0.3 is 10.4 Å². The summed E-state index contributed by atoms with van der Waals surface area (Å²) < 4.78 is 0. The smallest absolute Gasteiger partial charge is 0.326 e. The Balaban J connectivity index is 2.55. The predicted molar refractivity (Wildman–Crippen MR) is 83.9 cm³/mol. The van der Waals surface area contributed by atoms with E-state index in [1.807, 2.05) is 13.8 Å². The number of carbonyl (C=O) groups excluding carboxylic acids is 1. The van der Waals surface area contributed by atoms with E-state index in [9.17, 15) is 14.7 Å². The van der Waals surface area contributed by atoms with Crippen molar-refractivity contribution >= 4 is 11.9 Å². The second-order valence-electron chi connectivity index (χ2n) is 7.62. The molecule has 1 amide bonds. The Hall–Kier alpha value is -1.06. The fourth-order valence-corrected chi connectivity index (χ4v) is 3.18. The van der Waals surface area contributed by atoms with E-state index in [1.165, 1.54) is 0 Å². The molecule has 122 valence electrons. The van der Waals surface area contributed by atoms with Gasteiger partial charge in [-0.3, -0.25) is 4.79 Å². The largest absolute Gasteiger partial charge is 0.480 e. The molecule has 1 rings (SSSR count). The van der Waals surface area contributed by atoms with E-state index < -0.39 is 12.0 Å². The maximum absolute atomic E-state index is 12.3. The van der Waals surface area contributed by atoms with Crippen LogP contribution >= 0.6 is 0 Å². The Morgan fingerprint density at radius 1 is 1.19 bits per heavy atom. The van der Waals surface area contributed by atoms with Crippen LogP contribution in [0.5, 0.6) is 0 Å². The van der Waals surface area contributed by atoms with Crippen LogP contribution in [-0.4, -0.2) is 23.0 Å². The first kappa shape index (κ1) is 18.0. The zero-order chi connectivity index (χ0) is 16.2. The van der Waals surface area contributed by atoms with Gasteiger partial charge in [0.15, 0.2) is 0 Å². The molecule has 1 aliphatic rings. The van der Waals surface area contributed by atoms with Crippen molar-refractivity contribution < 1.29 is 14.7 Å². The third-order valence-electron chi connectivity index (χ3n) is 5.10. The van der Waals surface area contributed by atoms with Gasteiger partial charge in [0.1, 0.15) is 6.04 Å². The number of carbonyl (C=O) groups is 2. The van der Waals surface area contributed by atoms with Gasteiger partial charge in [0.25, 0.3) is 0 Å². The third kappa shape index (κ3) is 5.01. The number of amides is 1. The van der Waals surface area contributed by atoms with Gasteiger partial charge in [-0.1, -0.05) is 41.0 Å². The Labute approximate surface area is 128 Å². The van der Waals surface area contributed by atoms with Crippen LogP contribution < -0.4 is 5.32 Å². The maximum atomic E-state index is 12.3. The fraction of sp³-hybridized carbons (Fsp3) is 0.882. The van der Waals surface area contributed by atoms with Crippen LogP contribution in [0.4, 0.5) is 0 Å². The minimum absolute atomic E-state index is 0.0190. The first-order valence-electron chi connectivity index (χ1n) is 8.20. The molecule has 2 atom stereocenters. The number of carboxylic acids is 1. The van der Waals surface area contributed by atoms with Crippen LogP contribution in [0.1, 0.15) is 66.7 Å². The summed E-state index contributed by atoms with van der Waals surface area (Å²) in [6.45, 7) is 10.6. The van der Waals surface area contributed by atoms with Crippen LogP contribution in [0.25, 0.3) is 0 Å². The number of hydrogen-bond donors (Lipinski definition) is 2. The van der Waals surface area contributed by atoms with Crippen molar-refractivity contribution in [3.63, 3.8) is 0 Å². The Morgan fingerprint density at radius 3 is 2.10 bits per heavy atom. The molecule has 1 saturated carbocycles. The molecular formula is C17H31NO3.